The first-order chi connectivity index (χ1) is 16.9. The highest BCUT2D eigenvalue weighted by molar-refractivity contribution is 6.42. The Morgan fingerprint density at radius 2 is 0.750 bits per heavy atom. The van der Waals surface area contributed by atoms with Crippen LogP contribution in [0.5, 0.6) is 0 Å². The van der Waals surface area contributed by atoms with Crippen molar-refractivity contribution in [3.63, 3.8) is 0 Å². The van der Waals surface area contributed by atoms with Crippen molar-refractivity contribution in [2.75, 3.05) is 0 Å². The molecule has 2 nitrogen and oxygen atoms in total. The van der Waals surface area contributed by atoms with Crippen LogP contribution in [0.4, 0.5) is 0 Å². The molecule has 4 rings (SSSR count). The van der Waals surface area contributed by atoms with E-state index in [1.807, 2.05) is 0 Å². The van der Waals surface area contributed by atoms with Gasteiger partial charge in [-0.05, 0) is 59.7 Å². The van der Waals surface area contributed by atoms with E-state index in [-0.39, 0.29) is 52.4 Å². The Balaban J connectivity index is 2.21. The van der Waals surface area contributed by atoms with E-state index in [4.69, 9.17) is 92.8 Å². The van der Waals surface area contributed by atoms with Crippen LogP contribution >= 0.6 is 92.8 Å². The van der Waals surface area contributed by atoms with Gasteiger partial charge in [-0.25, -0.2) is 0 Å². The van der Waals surface area contributed by atoms with Crippen molar-refractivity contribution in [3.05, 3.63) is 135 Å². The molecule has 0 bridgehead atoms. The molecule has 2 N–H and O–H groups in total. The van der Waals surface area contributed by atoms with Crippen molar-refractivity contribution in [2.24, 2.45) is 0 Å². The van der Waals surface area contributed by atoms with E-state index in [1.54, 1.807) is 0 Å². The molecule has 0 heterocycles. The summed E-state index contributed by atoms with van der Waals surface area (Å²) in [4.78, 5) is 0. The lowest BCUT2D eigenvalue weighted by Crippen LogP contribution is -2.51. The predicted octanol–water partition coefficient (Wildman–Crippen LogP) is 10.1. The fourth-order valence-electron chi connectivity index (χ4n) is 4.13. The zero-order valence-electron chi connectivity index (χ0n) is 17.8. The van der Waals surface area contributed by atoms with Crippen LogP contribution < -0.4 is 0 Å². The average molecular weight is 642 g/mol. The molecule has 2 unspecified atom stereocenters. The highest BCUT2D eigenvalue weighted by Gasteiger charge is 2.56. The van der Waals surface area contributed by atoms with Crippen molar-refractivity contribution in [1.29, 1.82) is 0 Å². The molecule has 4 aromatic rings. The van der Waals surface area contributed by atoms with E-state index < -0.39 is 11.2 Å². The van der Waals surface area contributed by atoms with Gasteiger partial charge in [0.05, 0.1) is 20.1 Å². The first-order valence-corrected chi connectivity index (χ1v) is 13.2. The van der Waals surface area contributed by atoms with Crippen LogP contribution in [0.3, 0.4) is 0 Å². The van der Waals surface area contributed by atoms with E-state index in [0.717, 1.165) is 0 Å². The van der Waals surface area contributed by atoms with Crippen LogP contribution in [-0.4, -0.2) is 10.2 Å². The molecule has 0 spiro atoms. The maximum atomic E-state index is 12.8. The second kappa shape index (κ2) is 10.7. The van der Waals surface area contributed by atoms with Gasteiger partial charge in [0, 0.05) is 31.2 Å². The molecule has 0 aliphatic carbocycles. The maximum absolute atomic E-state index is 12.8. The quantitative estimate of drug-likeness (QED) is 0.228. The Kier molecular flexibility index (Phi) is 8.37. The van der Waals surface area contributed by atoms with Gasteiger partial charge in [0.1, 0.15) is 0 Å². The molecule has 2 atom stereocenters. The minimum absolute atomic E-state index is 0.0691. The van der Waals surface area contributed by atoms with Gasteiger partial charge in [0.15, 0.2) is 11.2 Å². The zero-order chi connectivity index (χ0) is 26.4. The lowest BCUT2D eigenvalue weighted by Gasteiger charge is -2.46. The third kappa shape index (κ3) is 4.83. The van der Waals surface area contributed by atoms with Gasteiger partial charge in [-0.3, -0.25) is 0 Å². The lowest BCUT2D eigenvalue weighted by atomic mass is 9.66. The van der Waals surface area contributed by atoms with Crippen LogP contribution in [0.15, 0.2) is 72.8 Å². The maximum Gasteiger partial charge on any atom is 0.153 e. The first kappa shape index (κ1) is 28.1. The molecule has 0 saturated carbocycles. The summed E-state index contributed by atoms with van der Waals surface area (Å²) in [6.45, 7) is 0. The molecule has 0 radical (unpaired) electrons. The second-order valence-corrected chi connectivity index (χ2v) is 11.2. The highest BCUT2D eigenvalue weighted by atomic mass is 35.5. The van der Waals surface area contributed by atoms with Gasteiger partial charge in [-0.15, -0.1) is 0 Å². The normalized spacial score (nSPS) is 14.8. The zero-order valence-corrected chi connectivity index (χ0v) is 23.9. The van der Waals surface area contributed by atoms with Crippen LogP contribution in [0.25, 0.3) is 0 Å². The SMILES string of the molecule is OC(c1ccc(Cl)c(Cl)c1)(c1ccc(Cl)cc1Cl)C(O)(c1ccc(Cl)c(Cl)c1)c1ccc(Cl)cc1Cl. The van der Waals surface area contributed by atoms with E-state index in [2.05, 4.69) is 0 Å². The van der Waals surface area contributed by atoms with Crippen LogP contribution in [0.2, 0.25) is 40.2 Å². The topological polar surface area (TPSA) is 40.5 Å². The molecular weight excluding hydrogens is 628 g/mol. The lowest BCUT2D eigenvalue weighted by molar-refractivity contribution is -0.112. The number of rotatable bonds is 5. The van der Waals surface area contributed by atoms with E-state index in [0.29, 0.717) is 10.0 Å². The van der Waals surface area contributed by atoms with Crippen molar-refractivity contribution in [3.8, 4) is 0 Å². The van der Waals surface area contributed by atoms with Crippen molar-refractivity contribution < 1.29 is 10.2 Å². The van der Waals surface area contributed by atoms with Crippen LogP contribution in [0.1, 0.15) is 22.3 Å². The van der Waals surface area contributed by atoms with Gasteiger partial charge < -0.3 is 10.2 Å². The summed E-state index contributed by atoms with van der Waals surface area (Å²) in [7, 11) is 0. The largest absolute Gasteiger partial charge is 0.377 e. The van der Waals surface area contributed by atoms with E-state index in [9.17, 15) is 10.2 Å². The highest BCUT2D eigenvalue weighted by Crippen LogP contribution is 2.54. The van der Waals surface area contributed by atoms with Crippen molar-refractivity contribution >= 4 is 92.8 Å². The van der Waals surface area contributed by atoms with Gasteiger partial charge in [0.2, 0.25) is 0 Å². The molecule has 36 heavy (non-hydrogen) atoms. The molecule has 0 aliphatic rings. The summed E-state index contributed by atoms with van der Waals surface area (Å²) in [5.41, 5.74) is -4.13. The summed E-state index contributed by atoms with van der Waals surface area (Å²) >= 11 is 50.6. The number of hydrogen-bond donors (Lipinski definition) is 2. The molecule has 0 amide bonds. The first-order valence-electron chi connectivity index (χ1n) is 10.2. The summed E-state index contributed by atoms with van der Waals surface area (Å²) < 4.78 is 0. The fourth-order valence-corrected chi connectivity index (χ4v) is 5.81. The molecule has 0 aliphatic heterocycles. The van der Waals surface area contributed by atoms with Gasteiger partial charge in [0.25, 0.3) is 0 Å². The minimum Gasteiger partial charge on any atom is -0.377 e. The Labute approximate surface area is 247 Å². The Morgan fingerprint density at radius 1 is 0.389 bits per heavy atom. The van der Waals surface area contributed by atoms with Crippen molar-refractivity contribution in [1.82, 2.24) is 0 Å². The standard InChI is InChI=1S/C26H14Cl8O2/c27-15-3-5-17(21(31)11-15)25(35,13-1-7-19(29)23(33)9-13)26(36,14-2-8-20(30)24(34)10-14)18-6-4-16(28)12-22(18)32/h1-12,35-36H. The third-order valence-electron chi connectivity index (χ3n) is 5.84. The Bertz CT molecular complexity index is 1360. The van der Waals surface area contributed by atoms with E-state index >= 15 is 0 Å². The number of hydrogen-bond acceptors (Lipinski definition) is 2. The van der Waals surface area contributed by atoms with E-state index in [1.165, 1.54) is 72.8 Å². The third-order valence-corrected chi connectivity index (χ3v) is 8.41. The molecule has 4 aromatic carbocycles. The molecule has 10 heteroatoms. The molecule has 0 saturated heterocycles. The molecular formula is C26H14Cl8O2. The number of benzene rings is 4. The molecule has 0 fully saturated rings. The molecule has 0 aromatic heterocycles. The Morgan fingerprint density at radius 3 is 1.06 bits per heavy atom. The summed E-state index contributed by atoms with van der Waals surface area (Å²) in [5.74, 6) is 0. The smallest absolute Gasteiger partial charge is 0.153 e. The van der Waals surface area contributed by atoms with Gasteiger partial charge in [-0.2, -0.15) is 0 Å². The fraction of sp³-hybridized carbons (Fsp3) is 0.0769. The average Bonchev–Trinajstić information content (AvgIpc) is 2.81. The predicted molar refractivity (Wildman–Crippen MR) is 152 cm³/mol. The minimum atomic E-state index is -2.32. The second-order valence-electron chi connectivity index (χ2n) is 7.93. The van der Waals surface area contributed by atoms with Gasteiger partial charge >= 0.3 is 0 Å². The molecule has 186 valence electrons. The summed E-state index contributed by atoms with van der Waals surface area (Å²) in [6.07, 6.45) is 0. The summed E-state index contributed by atoms with van der Waals surface area (Å²) in [6, 6.07) is 17.8. The van der Waals surface area contributed by atoms with Crippen molar-refractivity contribution in [2.45, 2.75) is 11.2 Å². The monoisotopic (exact) mass is 638 g/mol. The van der Waals surface area contributed by atoms with Crippen LogP contribution in [-0.2, 0) is 11.2 Å². The Hall–Kier alpha value is -0.880. The summed E-state index contributed by atoms with van der Waals surface area (Å²) in [5, 5.41) is 27.1. The number of aliphatic hydroxyl groups is 2. The van der Waals surface area contributed by atoms with Gasteiger partial charge in [-0.1, -0.05) is 117 Å². The number of halogens is 8. The van der Waals surface area contributed by atoms with Crippen LogP contribution in [0, 0.1) is 0 Å².